The Kier molecular flexibility index (Phi) is 4.63. The van der Waals surface area contributed by atoms with Gasteiger partial charge in [-0.15, -0.1) is 0 Å². The van der Waals surface area contributed by atoms with E-state index >= 15 is 0 Å². The van der Waals surface area contributed by atoms with Gasteiger partial charge in [0, 0.05) is 0 Å². The molecular formula is C13H21NO. The highest BCUT2D eigenvalue weighted by Gasteiger charge is 2.09. The number of phenols is 1. The zero-order valence-electron chi connectivity index (χ0n) is 9.90. The lowest BCUT2D eigenvalue weighted by Crippen LogP contribution is -2.15. The van der Waals surface area contributed by atoms with Gasteiger partial charge in [0.15, 0.2) is 0 Å². The second-order valence-corrected chi connectivity index (χ2v) is 4.29. The second-order valence-electron chi connectivity index (χ2n) is 4.29. The SMILES string of the molecule is CCC(CCN(C)C)c1cccc(O)c1. The van der Waals surface area contributed by atoms with E-state index < -0.39 is 0 Å². The van der Waals surface area contributed by atoms with Crippen LogP contribution in [0, 0.1) is 0 Å². The maximum Gasteiger partial charge on any atom is 0.115 e. The van der Waals surface area contributed by atoms with Gasteiger partial charge < -0.3 is 10.0 Å². The van der Waals surface area contributed by atoms with Crippen LogP contribution in [0.15, 0.2) is 24.3 Å². The fourth-order valence-electron chi connectivity index (χ4n) is 1.80. The third-order valence-electron chi connectivity index (χ3n) is 2.76. The van der Waals surface area contributed by atoms with Gasteiger partial charge in [-0.1, -0.05) is 19.1 Å². The largest absolute Gasteiger partial charge is 0.508 e. The van der Waals surface area contributed by atoms with Gasteiger partial charge in [-0.3, -0.25) is 0 Å². The maximum absolute atomic E-state index is 9.42. The summed E-state index contributed by atoms with van der Waals surface area (Å²) in [5.74, 6) is 0.926. The van der Waals surface area contributed by atoms with Crippen LogP contribution in [0.2, 0.25) is 0 Å². The molecule has 1 aromatic rings. The Bertz CT molecular complexity index is 296. The molecule has 0 aliphatic rings. The predicted molar refractivity (Wildman–Crippen MR) is 64.3 cm³/mol. The van der Waals surface area contributed by atoms with Crippen molar-refractivity contribution >= 4 is 0 Å². The van der Waals surface area contributed by atoms with E-state index in [0.717, 1.165) is 19.4 Å². The molecule has 0 saturated heterocycles. The van der Waals surface area contributed by atoms with E-state index in [1.807, 2.05) is 12.1 Å². The number of hydrogen-bond acceptors (Lipinski definition) is 2. The van der Waals surface area contributed by atoms with Gasteiger partial charge in [-0.05, 0) is 57.1 Å². The number of hydrogen-bond donors (Lipinski definition) is 1. The topological polar surface area (TPSA) is 23.5 Å². The lowest BCUT2D eigenvalue weighted by Gasteiger charge is -2.18. The fraction of sp³-hybridized carbons (Fsp3) is 0.538. The number of phenolic OH excluding ortho intramolecular Hbond substituents is 1. The summed E-state index contributed by atoms with van der Waals surface area (Å²) in [6, 6.07) is 7.62. The normalized spacial score (nSPS) is 13.1. The van der Waals surface area contributed by atoms with Crippen molar-refractivity contribution in [3.05, 3.63) is 29.8 Å². The molecule has 0 heterocycles. The van der Waals surface area contributed by atoms with Crippen molar-refractivity contribution in [3.63, 3.8) is 0 Å². The molecule has 0 fully saturated rings. The molecule has 1 unspecified atom stereocenters. The molecule has 1 N–H and O–H groups in total. The van der Waals surface area contributed by atoms with E-state index in [0.29, 0.717) is 11.7 Å². The molecule has 0 radical (unpaired) electrons. The number of rotatable bonds is 5. The monoisotopic (exact) mass is 207 g/mol. The molecule has 1 rings (SSSR count). The summed E-state index contributed by atoms with van der Waals surface area (Å²) in [4.78, 5) is 2.20. The first-order valence-corrected chi connectivity index (χ1v) is 5.57. The first-order valence-electron chi connectivity index (χ1n) is 5.57. The summed E-state index contributed by atoms with van der Waals surface area (Å²) in [7, 11) is 4.18. The highest BCUT2D eigenvalue weighted by atomic mass is 16.3. The van der Waals surface area contributed by atoms with Crippen molar-refractivity contribution in [1.29, 1.82) is 0 Å². The van der Waals surface area contributed by atoms with Gasteiger partial charge in [0.25, 0.3) is 0 Å². The number of benzene rings is 1. The average molecular weight is 207 g/mol. The Morgan fingerprint density at radius 2 is 2.07 bits per heavy atom. The van der Waals surface area contributed by atoms with E-state index in [9.17, 15) is 5.11 Å². The number of aromatic hydroxyl groups is 1. The lowest BCUT2D eigenvalue weighted by molar-refractivity contribution is 0.377. The Morgan fingerprint density at radius 1 is 1.33 bits per heavy atom. The zero-order chi connectivity index (χ0) is 11.3. The minimum absolute atomic E-state index is 0.371. The van der Waals surface area contributed by atoms with Crippen LogP contribution < -0.4 is 0 Å². The predicted octanol–water partition coefficient (Wildman–Crippen LogP) is 2.84. The molecule has 2 nitrogen and oxygen atoms in total. The standard InChI is InChI=1S/C13H21NO/c1-4-11(8-9-14(2)3)12-6-5-7-13(15)10-12/h5-7,10-11,15H,4,8-9H2,1-3H3. The molecular weight excluding hydrogens is 186 g/mol. The molecule has 0 amide bonds. The highest BCUT2D eigenvalue weighted by Crippen LogP contribution is 2.25. The number of nitrogens with zero attached hydrogens (tertiary/aromatic N) is 1. The van der Waals surface area contributed by atoms with E-state index in [2.05, 4.69) is 32.0 Å². The van der Waals surface area contributed by atoms with Crippen LogP contribution in [-0.2, 0) is 0 Å². The van der Waals surface area contributed by atoms with Crippen molar-refractivity contribution in [2.45, 2.75) is 25.7 Å². The van der Waals surface area contributed by atoms with Crippen LogP contribution in [0.5, 0.6) is 5.75 Å². The molecule has 0 aliphatic heterocycles. The molecule has 2 heteroatoms. The van der Waals surface area contributed by atoms with Crippen molar-refractivity contribution in [1.82, 2.24) is 4.90 Å². The van der Waals surface area contributed by atoms with Crippen LogP contribution in [0.1, 0.15) is 31.2 Å². The smallest absolute Gasteiger partial charge is 0.115 e. The summed E-state index contributed by atoms with van der Waals surface area (Å²) < 4.78 is 0. The van der Waals surface area contributed by atoms with Crippen LogP contribution in [-0.4, -0.2) is 30.6 Å². The average Bonchev–Trinajstić information content (AvgIpc) is 2.18. The van der Waals surface area contributed by atoms with E-state index in [4.69, 9.17) is 0 Å². The van der Waals surface area contributed by atoms with Crippen LogP contribution in [0.4, 0.5) is 0 Å². The van der Waals surface area contributed by atoms with E-state index in [1.165, 1.54) is 5.56 Å². The highest BCUT2D eigenvalue weighted by molar-refractivity contribution is 5.29. The lowest BCUT2D eigenvalue weighted by atomic mass is 9.93. The van der Waals surface area contributed by atoms with Crippen LogP contribution in [0.25, 0.3) is 0 Å². The second kappa shape index (κ2) is 5.76. The van der Waals surface area contributed by atoms with Gasteiger partial charge in [0.05, 0.1) is 0 Å². The van der Waals surface area contributed by atoms with Gasteiger partial charge in [-0.25, -0.2) is 0 Å². The molecule has 0 saturated carbocycles. The Hall–Kier alpha value is -1.02. The summed E-state index contributed by atoms with van der Waals surface area (Å²) in [6.45, 7) is 3.29. The van der Waals surface area contributed by atoms with E-state index in [-0.39, 0.29) is 0 Å². The molecule has 0 aromatic heterocycles. The zero-order valence-corrected chi connectivity index (χ0v) is 9.90. The van der Waals surface area contributed by atoms with Crippen molar-refractivity contribution < 1.29 is 5.11 Å². The summed E-state index contributed by atoms with van der Waals surface area (Å²) in [6.07, 6.45) is 2.27. The first kappa shape index (κ1) is 12.1. The molecule has 15 heavy (non-hydrogen) atoms. The minimum Gasteiger partial charge on any atom is -0.508 e. The van der Waals surface area contributed by atoms with Gasteiger partial charge in [0.2, 0.25) is 0 Å². The Morgan fingerprint density at radius 3 is 2.60 bits per heavy atom. The van der Waals surface area contributed by atoms with Crippen LogP contribution >= 0.6 is 0 Å². The van der Waals surface area contributed by atoms with Gasteiger partial charge in [0.1, 0.15) is 5.75 Å². The first-order chi connectivity index (χ1) is 7.13. The van der Waals surface area contributed by atoms with Gasteiger partial charge in [-0.2, -0.15) is 0 Å². The third kappa shape index (κ3) is 3.92. The Balaban J connectivity index is 2.65. The molecule has 84 valence electrons. The molecule has 1 aromatic carbocycles. The third-order valence-corrected chi connectivity index (χ3v) is 2.76. The molecule has 0 spiro atoms. The molecule has 1 atom stereocenters. The summed E-state index contributed by atoms with van der Waals surface area (Å²) in [5, 5.41) is 9.42. The summed E-state index contributed by atoms with van der Waals surface area (Å²) >= 11 is 0. The maximum atomic E-state index is 9.42. The molecule has 0 bridgehead atoms. The van der Waals surface area contributed by atoms with Crippen molar-refractivity contribution in [2.24, 2.45) is 0 Å². The van der Waals surface area contributed by atoms with Crippen molar-refractivity contribution in [3.8, 4) is 5.75 Å². The Labute approximate surface area is 92.5 Å². The fourth-order valence-corrected chi connectivity index (χ4v) is 1.80. The van der Waals surface area contributed by atoms with E-state index in [1.54, 1.807) is 6.07 Å². The quantitative estimate of drug-likeness (QED) is 0.802. The molecule has 0 aliphatic carbocycles. The van der Waals surface area contributed by atoms with Crippen LogP contribution in [0.3, 0.4) is 0 Å². The minimum atomic E-state index is 0.371. The van der Waals surface area contributed by atoms with Gasteiger partial charge >= 0.3 is 0 Å². The summed E-state index contributed by atoms with van der Waals surface area (Å²) in [5.41, 5.74) is 1.25. The van der Waals surface area contributed by atoms with Crippen molar-refractivity contribution in [2.75, 3.05) is 20.6 Å².